The van der Waals surface area contributed by atoms with Gasteiger partial charge in [0.15, 0.2) is 11.6 Å². The number of fused-ring (bicyclic) bond motifs is 2. The summed E-state index contributed by atoms with van der Waals surface area (Å²) in [5, 5.41) is 15.8. The Morgan fingerprint density at radius 2 is 1.76 bits per heavy atom. The average molecular weight is 769 g/mol. The van der Waals surface area contributed by atoms with Crippen LogP contribution in [0.15, 0.2) is 70.7 Å². The molecule has 2 bridgehead atoms. The van der Waals surface area contributed by atoms with Gasteiger partial charge in [-0.05, 0) is 108 Å². The van der Waals surface area contributed by atoms with Crippen molar-refractivity contribution in [3.8, 4) is 5.75 Å². The second-order valence-corrected chi connectivity index (χ2v) is 14.6. The summed E-state index contributed by atoms with van der Waals surface area (Å²) in [4.78, 5) is 40.1. The van der Waals surface area contributed by atoms with Crippen molar-refractivity contribution in [2.45, 2.75) is 81.8 Å². The van der Waals surface area contributed by atoms with E-state index in [4.69, 9.17) is 9.84 Å². The SMILES string of the molecule is O=C(O)CCCC(=O)N1C[C@H]2CC(c3ccc(CCCOc4cc(F)ccc4Br)cc3)=C(C(=O)NC3(CCc4cccc(F)c4F)CC3)[C@@H](C1)N2. The van der Waals surface area contributed by atoms with E-state index in [-0.39, 0.29) is 61.5 Å². The molecular formula is C39H41BrF3N3O5. The van der Waals surface area contributed by atoms with E-state index in [1.165, 1.54) is 18.2 Å². The zero-order valence-electron chi connectivity index (χ0n) is 28.2. The van der Waals surface area contributed by atoms with Gasteiger partial charge in [-0.25, -0.2) is 13.2 Å². The molecule has 51 heavy (non-hydrogen) atoms. The van der Waals surface area contributed by atoms with Crippen LogP contribution < -0.4 is 15.4 Å². The van der Waals surface area contributed by atoms with E-state index in [2.05, 4.69) is 26.6 Å². The van der Waals surface area contributed by atoms with Crippen LogP contribution in [0, 0.1) is 17.5 Å². The zero-order chi connectivity index (χ0) is 36.1. The van der Waals surface area contributed by atoms with Crippen LogP contribution in [0.25, 0.3) is 5.57 Å². The molecule has 3 aromatic rings. The van der Waals surface area contributed by atoms with Crippen LogP contribution in [0.1, 0.15) is 68.1 Å². The number of aryl methyl sites for hydroxylation is 2. The van der Waals surface area contributed by atoms with E-state index in [0.29, 0.717) is 48.2 Å². The summed E-state index contributed by atoms with van der Waals surface area (Å²) in [5.41, 5.74) is 3.19. The summed E-state index contributed by atoms with van der Waals surface area (Å²) in [6.45, 7) is 1.13. The van der Waals surface area contributed by atoms with Crippen molar-refractivity contribution in [2.75, 3.05) is 19.7 Å². The first-order valence-electron chi connectivity index (χ1n) is 17.4. The molecule has 2 aliphatic heterocycles. The number of carboxylic acid groups (broad SMARTS) is 1. The number of halogens is 4. The first-order chi connectivity index (χ1) is 24.5. The van der Waals surface area contributed by atoms with Gasteiger partial charge in [0.2, 0.25) is 11.8 Å². The smallest absolute Gasteiger partial charge is 0.303 e. The summed E-state index contributed by atoms with van der Waals surface area (Å²) >= 11 is 3.38. The second kappa shape index (κ2) is 16.0. The molecule has 0 aromatic heterocycles. The third kappa shape index (κ3) is 9.20. The predicted octanol–water partition coefficient (Wildman–Crippen LogP) is 6.74. The third-order valence-corrected chi connectivity index (χ3v) is 10.6. The van der Waals surface area contributed by atoms with E-state index in [1.807, 2.05) is 24.3 Å². The van der Waals surface area contributed by atoms with Crippen molar-refractivity contribution in [1.82, 2.24) is 15.5 Å². The molecule has 2 amide bonds. The molecule has 3 aliphatic rings. The molecule has 0 spiro atoms. The molecule has 1 saturated carbocycles. The largest absolute Gasteiger partial charge is 0.492 e. The van der Waals surface area contributed by atoms with Crippen molar-refractivity contribution in [3.63, 3.8) is 0 Å². The lowest BCUT2D eigenvalue weighted by Gasteiger charge is -2.44. The van der Waals surface area contributed by atoms with Crippen LogP contribution in [-0.4, -0.2) is 65.1 Å². The number of benzene rings is 3. The van der Waals surface area contributed by atoms with Crippen molar-refractivity contribution in [3.05, 3.63) is 105 Å². The highest BCUT2D eigenvalue weighted by Crippen LogP contribution is 2.41. The monoisotopic (exact) mass is 767 g/mol. The topological polar surface area (TPSA) is 108 Å². The molecule has 2 heterocycles. The molecule has 3 aromatic carbocycles. The van der Waals surface area contributed by atoms with Crippen LogP contribution >= 0.6 is 15.9 Å². The molecule has 3 N–H and O–H groups in total. The fourth-order valence-corrected chi connectivity index (χ4v) is 7.43. The summed E-state index contributed by atoms with van der Waals surface area (Å²) in [6, 6.07) is 16.0. The number of piperazine rings is 1. The lowest BCUT2D eigenvalue weighted by atomic mass is 9.82. The van der Waals surface area contributed by atoms with Gasteiger partial charge in [-0.1, -0.05) is 36.4 Å². The third-order valence-electron chi connectivity index (χ3n) is 9.98. The van der Waals surface area contributed by atoms with E-state index in [9.17, 15) is 27.6 Å². The van der Waals surface area contributed by atoms with Crippen LogP contribution in [0.5, 0.6) is 5.75 Å². The number of nitrogens with one attached hydrogen (secondary N) is 2. The Morgan fingerprint density at radius 3 is 2.51 bits per heavy atom. The standard InChI is InChI=1S/C39H41BrF3N3O5/c40-30-14-13-27(41)20-33(30)51-19-3-4-24-9-11-25(12-10-24)29-21-28-22-46(34(47)7-2-8-35(48)49)23-32(44-28)36(29)38(50)45-39(17-18-39)16-15-26-5-1-6-31(42)37(26)43/h1,5-6,9-14,20,28,32,44H,2-4,7-8,15-19,21-23H2,(H,45,50)(H,48,49)/t28-,32-/m1/s1. The van der Waals surface area contributed by atoms with Crippen molar-refractivity contribution >= 4 is 39.3 Å². The number of hydrogen-bond donors (Lipinski definition) is 3. The fraction of sp³-hybridized carbons (Fsp3) is 0.410. The number of rotatable bonds is 15. The highest BCUT2D eigenvalue weighted by molar-refractivity contribution is 9.10. The Hall–Kier alpha value is -4.16. The molecule has 0 radical (unpaired) electrons. The number of carbonyl (C=O) groups excluding carboxylic acids is 2. The number of ether oxygens (including phenoxy) is 1. The number of aliphatic carboxylic acids is 1. The van der Waals surface area contributed by atoms with Gasteiger partial charge in [0, 0.05) is 49.2 Å². The van der Waals surface area contributed by atoms with Crippen LogP contribution in [0.3, 0.4) is 0 Å². The molecule has 12 heteroatoms. The van der Waals surface area contributed by atoms with Gasteiger partial charge in [-0.3, -0.25) is 14.4 Å². The number of nitrogens with zero attached hydrogens (tertiary/aromatic N) is 1. The van der Waals surface area contributed by atoms with Gasteiger partial charge in [0.25, 0.3) is 0 Å². The van der Waals surface area contributed by atoms with Gasteiger partial charge in [-0.2, -0.15) is 0 Å². The maximum Gasteiger partial charge on any atom is 0.303 e. The van der Waals surface area contributed by atoms with Gasteiger partial charge in [-0.15, -0.1) is 0 Å². The Morgan fingerprint density at radius 1 is 0.980 bits per heavy atom. The van der Waals surface area contributed by atoms with Crippen molar-refractivity contribution in [2.24, 2.45) is 0 Å². The quantitative estimate of drug-likeness (QED) is 0.148. The number of amides is 2. The summed E-state index contributed by atoms with van der Waals surface area (Å²) in [6.07, 6.45) is 4.43. The van der Waals surface area contributed by atoms with Crippen molar-refractivity contribution in [1.29, 1.82) is 0 Å². The van der Waals surface area contributed by atoms with Crippen LogP contribution in [0.2, 0.25) is 0 Å². The van der Waals surface area contributed by atoms with Gasteiger partial charge >= 0.3 is 5.97 Å². The summed E-state index contributed by atoms with van der Waals surface area (Å²) in [7, 11) is 0. The zero-order valence-corrected chi connectivity index (χ0v) is 29.7. The lowest BCUT2D eigenvalue weighted by molar-refractivity contribution is -0.137. The first-order valence-corrected chi connectivity index (χ1v) is 18.2. The lowest BCUT2D eigenvalue weighted by Crippen LogP contribution is -2.62. The molecule has 2 atom stereocenters. The average Bonchev–Trinajstić information content (AvgIpc) is 3.87. The van der Waals surface area contributed by atoms with Gasteiger partial charge < -0.3 is 25.4 Å². The Balaban J connectivity index is 1.17. The van der Waals surface area contributed by atoms with E-state index in [0.717, 1.165) is 42.0 Å². The van der Waals surface area contributed by atoms with Gasteiger partial charge in [0.05, 0.1) is 17.1 Å². The molecular weight excluding hydrogens is 727 g/mol. The minimum atomic E-state index is -0.947. The second-order valence-electron chi connectivity index (χ2n) is 13.7. The molecule has 0 unspecified atom stereocenters. The summed E-state index contributed by atoms with van der Waals surface area (Å²) in [5.74, 6) is -3.00. The Bertz CT molecular complexity index is 1810. The molecule has 270 valence electrons. The minimum absolute atomic E-state index is 0.0855. The maximum atomic E-state index is 14.4. The summed E-state index contributed by atoms with van der Waals surface area (Å²) < 4.78 is 48.3. The number of carboxylic acids is 1. The van der Waals surface area contributed by atoms with Crippen LogP contribution in [-0.2, 0) is 27.2 Å². The van der Waals surface area contributed by atoms with E-state index >= 15 is 0 Å². The fourth-order valence-electron chi connectivity index (χ4n) is 7.07. The Labute approximate surface area is 303 Å². The molecule has 1 saturated heterocycles. The molecule has 8 nitrogen and oxygen atoms in total. The number of carbonyl (C=O) groups is 3. The highest BCUT2D eigenvalue weighted by atomic mass is 79.9. The van der Waals surface area contributed by atoms with E-state index in [1.54, 1.807) is 17.0 Å². The normalized spacial score (nSPS) is 19.1. The first kappa shape index (κ1) is 36.6. The van der Waals surface area contributed by atoms with Gasteiger partial charge in [0.1, 0.15) is 11.6 Å². The number of hydrogen-bond acceptors (Lipinski definition) is 5. The molecule has 6 rings (SSSR count). The highest BCUT2D eigenvalue weighted by Gasteiger charge is 2.46. The minimum Gasteiger partial charge on any atom is -0.492 e. The van der Waals surface area contributed by atoms with Crippen molar-refractivity contribution < 1.29 is 37.4 Å². The predicted molar refractivity (Wildman–Crippen MR) is 189 cm³/mol. The van der Waals surface area contributed by atoms with Crippen LogP contribution in [0.4, 0.5) is 13.2 Å². The van der Waals surface area contributed by atoms with E-state index < -0.39 is 29.2 Å². The molecule has 1 aliphatic carbocycles. The maximum absolute atomic E-state index is 14.4. The molecule has 2 fully saturated rings. The Kier molecular flexibility index (Phi) is 11.5.